The molecular formula is C17H21NO. The smallest absolute Gasteiger partial charge is 0.130 e. The summed E-state index contributed by atoms with van der Waals surface area (Å²) in [5.74, 6) is 2.21. The Labute approximate surface area is 115 Å². The molecule has 19 heavy (non-hydrogen) atoms. The third-order valence-electron chi connectivity index (χ3n) is 3.17. The van der Waals surface area contributed by atoms with Crippen LogP contribution >= 0.6 is 0 Å². The summed E-state index contributed by atoms with van der Waals surface area (Å²) in [7, 11) is 0. The lowest BCUT2D eigenvalue weighted by molar-refractivity contribution is 0.473. The van der Waals surface area contributed by atoms with Gasteiger partial charge in [0.25, 0.3) is 0 Å². The first kappa shape index (κ1) is 13.6. The summed E-state index contributed by atoms with van der Waals surface area (Å²) in [5.41, 5.74) is 8.18. The molecular weight excluding hydrogens is 234 g/mol. The topological polar surface area (TPSA) is 35.2 Å². The van der Waals surface area contributed by atoms with Crippen molar-refractivity contribution in [3.63, 3.8) is 0 Å². The van der Waals surface area contributed by atoms with Gasteiger partial charge in [-0.05, 0) is 42.2 Å². The number of hydrogen-bond donors (Lipinski definition) is 1. The molecule has 0 aromatic heterocycles. The minimum absolute atomic E-state index is 0.0528. The maximum absolute atomic E-state index is 5.96. The lowest BCUT2D eigenvalue weighted by Crippen LogP contribution is -2.04. The van der Waals surface area contributed by atoms with Crippen LogP contribution < -0.4 is 10.5 Å². The SMILES string of the molecule is CC(C)c1ccccc1Oc1ccc(C(C)N)cc1. The fraction of sp³-hybridized carbons (Fsp3) is 0.294. The van der Waals surface area contributed by atoms with E-state index in [1.165, 1.54) is 5.56 Å². The molecule has 2 nitrogen and oxygen atoms in total. The van der Waals surface area contributed by atoms with Gasteiger partial charge in [-0.3, -0.25) is 0 Å². The van der Waals surface area contributed by atoms with Crippen molar-refractivity contribution in [1.29, 1.82) is 0 Å². The van der Waals surface area contributed by atoms with E-state index in [0.717, 1.165) is 17.1 Å². The van der Waals surface area contributed by atoms with Gasteiger partial charge < -0.3 is 10.5 Å². The van der Waals surface area contributed by atoms with Crippen molar-refractivity contribution < 1.29 is 4.74 Å². The van der Waals surface area contributed by atoms with Crippen LogP contribution in [0.25, 0.3) is 0 Å². The Balaban J connectivity index is 2.21. The number of rotatable bonds is 4. The maximum atomic E-state index is 5.96. The first-order chi connectivity index (χ1) is 9.08. The van der Waals surface area contributed by atoms with E-state index in [4.69, 9.17) is 10.5 Å². The van der Waals surface area contributed by atoms with Gasteiger partial charge in [0, 0.05) is 6.04 Å². The van der Waals surface area contributed by atoms with E-state index in [2.05, 4.69) is 19.9 Å². The van der Waals surface area contributed by atoms with Crippen molar-refractivity contribution >= 4 is 0 Å². The molecule has 0 saturated heterocycles. The van der Waals surface area contributed by atoms with E-state index >= 15 is 0 Å². The monoisotopic (exact) mass is 255 g/mol. The predicted molar refractivity (Wildman–Crippen MR) is 79.6 cm³/mol. The Morgan fingerprint density at radius 2 is 1.53 bits per heavy atom. The molecule has 2 aromatic carbocycles. The predicted octanol–water partition coefficient (Wildman–Crippen LogP) is 4.62. The van der Waals surface area contributed by atoms with Gasteiger partial charge in [0.2, 0.25) is 0 Å². The first-order valence-electron chi connectivity index (χ1n) is 6.70. The standard InChI is InChI=1S/C17H21NO/c1-12(2)16-6-4-5-7-17(16)19-15-10-8-14(9-11-15)13(3)18/h4-13H,18H2,1-3H3. The Bertz CT molecular complexity index is 529. The molecule has 1 unspecified atom stereocenters. The quantitative estimate of drug-likeness (QED) is 0.865. The van der Waals surface area contributed by atoms with Gasteiger partial charge in [-0.25, -0.2) is 0 Å². The van der Waals surface area contributed by atoms with Crippen LogP contribution in [-0.4, -0.2) is 0 Å². The van der Waals surface area contributed by atoms with Gasteiger partial charge in [0.05, 0.1) is 0 Å². The van der Waals surface area contributed by atoms with Crippen molar-refractivity contribution in [3.05, 3.63) is 59.7 Å². The van der Waals surface area contributed by atoms with E-state index in [-0.39, 0.29) is 6.04 Å². The first-order valence-corrected chi connectivity index (χ1v) is 6.70. The van der Waals surface area contributed by atoms with Crippen LogP contribution in [0.1, 0.15) is 43.9 Å². The largest absolute Gasteiger partial charge is 0.457 e. The van der Waals surface area contributed by atoms with Crippen LogP contribution in [0.5, 0.6) is 11.5 Å². The Morgan fingerprint density at radius 1 is 0.895 bits per heavy atom. The number of para-hydroxylation sites is 1. The van der Waals surface area contributed by atoms with Crippen molar-refractivity contribution in [2.24, 2.45) is 5.73 Å². The van der Waals surface area contributed by atoms with E-state index in [0.29, 0.717) is 5.92 Å². The molecule has 0 heterocycles. The Morgan fingerprint density at radius 3 is 2.11 bits per heavy atom. The van der Waals surface area contributed by atoms with Crippen molar-refractivity contribution in [3.8, 4) is 11.5 Å². The fourth-order valence-electron chi connectivity index (χ4n) is 2.02. The van der Waals surface area contributed by atoms with Crippen LogP contribution in [0.3, 0.4) is 0 Å². The number of ether oxygens (including phenoxy) is 1. The summed E-state index contributed by atoms with van der Waals surface area (Å²) in [6, 6.07) is 16.2. The lowest BCUT2D eigenvalue weighted by Gasteiger charge is -2.14. The molecule has 2 aromatic rings. The fourth-order valence-corrected chi connectivity index (χ4v) is 2.02. The summed E-state index contributed by atoms with van der Waals surface area (Å²) in [5, 5.41) is 0. The molecule has 0 aliphatic carbocycles. The van der Waals surface area contributed by atoms with Gasteiger partial charge in [-0.2, -0.15) is 0 Å². The van der Waals surface area contributed by atoms with Gasteiger partial charge in [-0.15, -0.1) is 0 Å². The zero-order valence-corrected chi connectivity index (χ0v) is 11.8. The molecule has 0 spiro atoms. The highest BCUT2D eigenvalue weighted by Crippen LogP contribution is 2.30. The highest BCUT2D eigenvalue weighted by molar-refractivity contribution is 5.40. The summed E-state index contributed by atoms with van der Waals surface area (Å²) in [6.45, 7) is 6.31. The average Bonchev–Trinajstić information content (AvgIpc) is 2.39. The summed E-state index contributed by atoms with van der Waals surface area (Å²) < 4.78 is 5.96. The highest BCUT2D eigenvalue weighted by Gasteiger charge is 2.08. The Kier molecular flexibility index (Phi) is 4.23. The van der Waals surface area contributed by atoms with E-state index in [9.17, 15) is 0 Å². The second-order valence-electron chi connectivity index (χ2n) is 5.15. The van der Waals surface area contributed by atoms with Crippen molar-refractivity contribution in [2.45, 2.75) is 32.7 Å². The molecule has 0 aliphatic heterocycles. The third kappa shape index (κ3) is 3.36. The molecule has 0 saturated carbocycles. The van der Waals surface area contributed by atoms with E-state index < -0.39 is 0 Å². The summed E-state index contributed by atoms with van der Waals surface area (Å²) >= 11 is 0. The molecule has 0 fully saturated rings. The van der Waals surface area contributed by atoms with Gasteiger partial charge in [0.15, 0.2) is 0 Å². The highest BCUT2D eigenvalue weighted by atomic mass is 16.5. The molecule has 0 amide bonds. The average molecular weight is 255 g/mol. The molecule has 0 radical (unpaired) electrons. The normalized spacial score (nSPS) is 12.5. The van der Waals surface area contributed by atoms with Crippen LogP contribution in [0, 0.1) is 0 Å². The molecule has 1 atom stereocenters. The van der Waals surface area contributed by atoms with Gasteiger partial charge in [-0.1, -0.05) is 44.2 Å². The van der Waals surface area contributed by atoms with E-state index in [1.54, 1.807) is 0 Å². The minimum Gasteiger partial charge on any atom is -0.457 e. The third-order valence-corrected chi connectivity index (χ3v) is 3.17. The Hall–Kier alpha value is -1.80. The summed E-state index contributed by atoms with van der Waals surface area (Å²) in [6.07, 6.45) is 0. The summed E-state index contributed by atoms with van der Waals surface area (Å²) in [4.78, 5) is 0. The molecule has 0 aliphatic rings. The number of hydrogen-bond acceptors (Lipinski definition) is 2. The van der Waals surface area contributed by atoms with Gasteiger partial charge in [0.1, 0.15) is 11.5 Å². The number of benzene rings is 2. The molecule has 0 bridgehead atoms. The molecule has 2 rings (SSSR count). The zero-order valence-electron chi connectivity index (χ0n) is 11.8. The minimum atomic E-state index is 0.0528. The second kappa shape index (κ2) is 5.89. The number of nitrogens with two attached hydrogens (primary N) is 1. The van der Waals surface area contributed by atoms with Gasteiger partial charge >= 0.3 is 0 Å². The van der Waals surface area contributed by atoms with Crippen molar-refractivity contribution in [2.75, 3.05) is 0 Å². The lowest BCUT2D eigenvalue weighted by atomic mass is 10.0. The zero-order chi connectivity index (χ0) is 13.8. The molecule has 2 N–H and O–H groups in total. The second-order valence-corrected chi connectivity index (χ2v) is 5.15. The molecule has 2 heteroatoms. The van der Waals surface area contributed by atoms with Crippen LogP contribution in [0.15, 0.2) is 48.5 Å². The molecule has 100 valence electrons. The maximum Gasteiger partial charge on any atom is 0.130 e. The van der Waals surface area contributed by atoms with Crippen LogP contribution in [0.2, 0.25) is 0 Å². The van der Waals surface area contributed by atoms with Crippen LogP contribution in [-0.2, 0) is 0 Å². The van der Waals surface area contributed by atoms with E-state index in [1.807, 2.05) is 49.4 Å². The van der Waals surface area contributed by atoms with Crippen molar-refractivity contribution in [1.82, 2.24) is 0 Å². The van der Waals surface area contributed by atoms with Crippen LogP contribution in [0.4, 0.5) is 0 Å².